The molecule has 0 aliphatic rings. The summed E-state index contributed by atoms with van der Waals surface area (Å²) in [6.45, 7) is 0.647. The van der Waals surface area contributed by atoms with Crippen LogP contribution in [0.15, 0.2) is 28.7 Å². The molecular weight excluding hydrogens is 340 g/mol. The van der Waals surface area contributed by atoms with Crippen LogP contribution >= 0.6 is 28.6 Å². The van der Waals surface area contributed by atoms with Gasteiger partial charge in [0.15, 0.2) is 0 Å². The van der Waals surface area contributed by atoms with Gasteiger partial charge in [-0.15, -0.1) is 0 Å². The molecule has 0 aliphatic heterocycles. The van der Waals surface area contributed by atoms with E-state index in [1.165, 1.54) is 0 Å². The lowest BCUT2D eigenvalue weighted by Crippen LogP contribution is -2.25. The fourth-order valence-corrected chi connectivity index (χ4v) is 2.00. The zero-order valence-electron chi connectivity index (χ0n) is 11.2. The highest BCUT2D eigenvalue weighted by Gasteiger charge is 2.02. The minimum Gasteiger partial charge on any atom is -0.355 e. The van der Waals surface area contributed by atoms with Gasteiger partial charge in [-0.2, -0.15) is 12.6 Å². The van der Waals surface area contributed by atoms with Gasteiger partial charge < -0.3 is 10.6 Å². The summed E-state index contributed by atoms with van der Waals surface area (Å²) < 4.78 is 0.985. The van der Waals surface area contributed by atoms with Crippen LogP contribution in [0, 0.1) is 0 Å². The first-order valence-electron chi connectivity index (χ1n) is 6.55. The number of rotatable bonds is 8. The number of halogens is 1. The lowest BCUT2D eigenvalue weighted by Gasteiger charge is -2.06. The molecule has 20 heavy (non-hydrogen) atoms. The maximum Gasteiger partial charge on any atom is 0.229 e. The van der Waals surface area contributed by atoms with Crippen molar-refractivity contribution < 1.29 is 9.59 Å². The molecule has 4 nitrogen and oxygen atoms in total. The average molecular weight is 359 g/mol. The van der Waals surface area contributed by atoms with Crippen molar-refractivity contribution in [3.63, 3.8) is 0 Å². The summed E-state index contributed by atoms with van der Waals surface area (Å²) in [5, 5.41) is 5.59. The van der Waals surface area contributed by atoms with Crippen LogP contribution in [0.3, 0.4) is 0 Å². The summed E-state index contributed by atoms with van der Waals surface area (Å²) >= 11 is 7.22. The Hall–Kier alpha value is -1.01. The number of hydrogen-bond donors (Lipinski definition) is 3. The summed E-state index contributed by atoms with van der Waals surface area (Å²) in [6.07, 6.45) is 3.11. The molecule has 0 saturated heterocycles. The molecule has 1 rings (SSSR count). The van der Waals surface area contributed by atoms with E-state index in [4.69, 9.17) is 0 Å². The molecule has 0 aromatic heterocycles. The lowest BCUT2D eigenvalue weighted by molar-refractivity contribution is -0.118. The van der Waals surface area contributed by atoms with Crippen molar-refractivity contribution in [2.24, 2.45) is 0 Å². The highest BCUT2D eigenvalue weighted by atomic mass is 79.9. The Morgan fingerprint density at radius 1 is 1.05 bits per heavy atom. The second-order valence-corrected chi connectivity index (χ2v) is 5.61. The van der Waals surface area contributed by atoms with E-state index in [-0.39, 0.29) is 17.6 Å². The number of benzene rings is 1. The van der Waals surface area contributed by atoms with Crippen molar-refractivity contribution in [1.82, 2.24) is 5.32 Å². The van der Waals surface area contributed by atoms with Gasteiger partial charge >= 0.3 is 0 Å². The fraction of sp³-hybridized carbons (Fsp3) is 0.429. The fourth-order valence-electron chi connectivity index (χ4n) is 1.63. The number of thiol groups is 1. The molecule has 0 unspecified atom stereocenters. The number of amides is 2. The largest absolute Gasteiger partial charge is 0.355 e. The molecule has 0 spiro atoms. The van der Waals surface area contributed by atoms with Crippen molar-refractivity contribution >= 4 is 46.1 Å². The van der Waals surface area contributed by atoms with E-state index < -0.39 is 0 Å². The monoisotopic (exact) mass is 358 g/mol. The molecular formula is C14H19BrN2O2S. The minimum absolute atomic E-state index is 0.0201. The van der Waals surface area contributed by atoms with E-state index >= 15 is 0 Å². The number of hydrogen-bond acceptors (Lipinski definition) is 3. The molecule has 6 heteroatoms. The molecule has 0 atom stereocenters. The maximum atomic E-state index is 11.7. The molecule has 110 valence electrons. The van der Waals surface area contributed by atoms with E-state index in [1.54, 1.807) is 0 Å². The SMILES string of the molecule is O=C(CS)NCCCCCC(=O)Nc1ccc(Br)cc1. The zero-order chi connectivity index (χ0) is 14.8. The van der Waals surface area contributed by atoms with E-state index in [0.717, 1.165) is 29.4 Å². The zero-order valence-corrected chi connectivity index (χ0v) is 13.7. The standard InChI is InChI=1S/C14H19BrN2O2S/c15-11-5-7-12(8-6-11)17-13(18)4-2-1-3-9-16-14(19)10-20/h5-8,20H,1-4,9-10H2,(H,16,19)(H,17,18). The van der Waals surface area contributed by atoms with Crippen molar-refractivity contribution in [1.29, 1.82) is 0 Å². The molecule has 1 aromatic rings. The molecule has 2 N–H and O–H groups in total. The summed E-state index contributed by atoms with van der Waals surface area (Å²) in [5.41, 5.74) is 0.805. The van der Waals surface area contributed by atoms with Gasteiger partial charge in [0.05, 0.1) is 5.75 Å². The van der Waals surface area contributed by atoms with Gasteiger partial charge in [-0.25, -0.2) is 0 Å². The summed E-state index contributed by atoms with van der Waals surface area (Å²) in [4.78, 5) is 22.6. The minimum atomic E-state index is -0.0543. The Morgan fingerprint density at radius 2 is 1.75 bits per heavy atom. The molecule has 0 heterocycles. The van der Waals surface area contributed by atoms with E-state index in [9.17, 15) is 9.59 Å². The molecule has 0 saturated carbocycles. The van der Waals surface area contributed by atoms with E-state index in [1.807, 2.05) is 24.3 Å². The van der Waals surface area contributed by atoms with Crippen LogP contribution in [0.25, 0.3) is 0 Å². The normalized spacial score (nSPS) is 10.1. The third-order valence-electron chi connectivity index (χ3n) is 2.67. The topological polar surface area (TPSA) is 58.2 Å². The summed E-state index contributed by atoms with van der Waals surface area (Å²) in [7, 11) is 0. The lowest BCUT2D eigenvalue weighted by atomic mass is 10.2. The van der Waals surface area contributed by atoms with Gasteiger partial charge in [0.25, 0.3) is 0 Å². The van der Waals surface area contributed by atoms with Gasteiger partial charge in [-0.1, -0.05) is 22.4 Å². The number of unbranched alkanes of at least 4 members (excludes halogenated alkanes) is 2. The van der Waals surface area contributed by atoms with Crippen molar-refractivity contribution in [2.75, 3.05) is 17.6 Å². The Labute approximate surface area is 133 Å². The Kier molecular flexibility index (Phi) is 8.37. The van der Waals surface area contributed by atoms with Crippen molar-refractivity contribution in [3.8, 4) is 0 Å². The Morgan fingerprint density at radius 3 is 2.40 bits per heavy atom. The molecule has 0 radical (unpaired) electrons. The number of carbonyl (C=O) groups is 2. The maximum absolute atomic E-state index is 11.7. The van der Waals surface area contributed by atoms with Gasteiger partial charge in [-0.05, 0) is 37.1 Å². The predicted octanol–water partition coefficient (Wildman–Crippen LogP) is 2.99. The molecule has 0 bridgehead atoms. The highest BCUT2D eigenvalue weighted by Crippen LogP contribution is 2.14. The Bertz CT molecular complexity index is 437. The smallest absolute Gasteiger partial charge is 0.229 e. The third kappa shape index (κ3) is 7.55. The average Bonchev–Trinajstić information content (AvgIpc) is 2.44. The van der Waals surface area contributed by atoms with Gasteiger partial charge in [0, 0.05) is 23.1 Å². The first kappa shape index (κ1) is 17.0. The second kappa shape index (κ2) is 9.83. The first-order valence-corrected chi connectivity index (χ1v) is 7.97. The quantitative estimate of drug-likeness (QED) is 0.494. The molecule has 2 amide bonds. The van der Waals surface area contributed by atoms with Crippen LogP contribution in [0.4, 0.5) is 5.69 Å². The number of carbonyl (C=O) groups excluding carboxylic acids is 2. The van der Waals surface area contributed by atoms with E-state index in [2.05, 4.69) is 39.2 Å². The molecule has 0 aliphatic carbocycles. The van der Waals surface area contributed by atoms with Gasteiger partial charge in [0.2, 0.25) is 11.8 Å². The van der Waals surface area contributed by atoms with Crippen LogP contribution in [-0.2, 0) is 9.59 Å². The van der Waals surface area contributed by atoms with Crippen LogP contribution < -0.4 is 10.6 Å². The highest BCUT2D eigenvalue weighted by molar-refractivity contribution is 9.10. The second-order valence-electron chi connectivity index (χ2n) is 4.37. The van der Waals surface area contributed by atoms with E-state index in [0.29, 0.717) is 13.0 Å². The van der Waals surface area contributed by atoms with Crippen molar-refractivity contribution in [2.45, 2.75) is 25.7 Å². The Balaban J connectivity index is 2.08. The predicted molar refractivity (Wildman–Crippen MR) is 88.1 cm³/mol. The van der Waals surface area contributed by atoms with Gasteiger partial charge in [-0.3, -0.25) is 9.59 Å². The summed E-state index contributed by atoms with van der Waals surface area (Å²) in [6, 6.07) is 7.49. The van der Waals surface area contributed by atoms with Crippen LogP contribution in [0.1, 0.15) is 25.7 Å². The van der Waals surface area contributed by atoms with Gasteiger partial charge in [0.1, 0.15) is 0 Å². The number of nitrogens with one attached hydrogen (secondary N) is 2. The van der Waals surface area contributed by atoms with Crippen LogP contribution in [0.2, 0.25) is 0 Å². The van der Waals surface area contributed by atoms with Crippen LogP contribution in [-0.4, -0.2) is 24.1 Å². The molecule has 0 fully saturated rings. The summed E-state index contributed by atoms with van der Waals surface area (Å²) in [5.74, 6) is 0.184. The first-order chi connectivity index (χ1) is 9.61. The number of anilines is 1. The molecule has 1 aromatic carbocycles. The third-order valence-corrected chi connectivity index (χ3v) is 3.49. The van der Waals surface area contributed by atoms with Crippen molar-refractivity contribution in [3.05, 3.63) is 28.7 Å². The van der Waals surface area contributed by atoms with Crippen LogP contribution in [0.5, 0.6) is 0 Å².